The average molecular weight is 292 g/mol. The van der Waals surface area contributed by atoms with E-state index in [1.807, 2.05) is 19.1 Å². The molecule has 2 rings (SSSR count). The summed E-state index contributed by atoms with van der Waals surface area (Å²) in [4.78, 5) is 13.8. The molecule has 0 spiro atoms. The van der Waals surface area contributed by atoms with Gasteiger partial charge in [0.2, 0.25) is 11.5 Å². The Kier molecular flexibility index (Phi) is 4.63. The number of thiophene rings is 1. The number of hydrogen-bond donors (Lipinski definition) is 0. The number of carbonyl (C=O) groups is 1. The third-order valence-electron chi connectivity index (χ3n) is 2.75. The number of ether oxygens (including phenoxy) is 3. The summed E-state index contributed by atoms with van der Waals surface area (Å²) in [6, 6.07) is 9.05. The summed E-state index contributed by atoms with van der Waals surface area (Å²) in [5.41, 5.74) is 0. The molecule has 2 aromatic rings. The number of aryl methyl sites for hydroxylation is 1. The minimum atomic E-state index is -0.0592. The predicted octanol–water partition coefficient (Wildman–Crippen LogP) is 3.34. The summed E-state index contributed by atoms with van der Waals surface area (Å²) in [6.07, 6.45) is 0. The van der Waals surface area contributed by atoms with Gasteiger partial charge in [0.1, 0.15) is 0 Å². The van der Waals surface area contributed by atoms with Gasteiger partial charge >= 0.3 is 0 Å². The first-order valence-electron chi connectivity index (χ1n) is 6.09. The number of ketones is 1. The molecule has 0 atom stereocenters. The lowest BCUT2D eigenvalue weighted by Gasteiger charge is -2.13. The molecular formula is C15H16O4S. The Morgan fingerprint density at radius 2 is 1.75 bits per heavy atom. The highest BCUT2D eigenvalue weighted by molar-refractivity contribution is 7.14. The highest BCUT2D eigenvalue weighted by Crippen LogP contribution is 2.36. The fourth-order valence-electron chi connectivity index (χ4n) is 1.75. The van der Waals surface area contributed by atoms with Crippen LogP contribution in [-0.4, -0.2) is 26.6 Å². The number of Topliss-reactive ketones (excluding diaryl/α,β-unsaturated/α-hetero) is 1. The van der Waals surface area contributed by atoms with Crippen molar-refractivity contribution in [2.45, 2.75) is 6.92 Å². The van der Waals surface area contributed by atoms with Crippen molar-refractivity contribution >= 4 is 17.1 Å². The molecule has 0 radical (unpaired) electrons. The van der Waals surface area contributed by atoms with E-state index in [9.17, 15) is 4.79 Å². The van der Waals surface area contributed by atoms with Gasteiger partial charge in [-0.1, -0.05) is 6.07 Å². The SMILES string of the molecule is COc1cccc(OC)c1OCC(=O)c1ccc(C)s1. The molecule has 106 valence electrons. The van der Waals surface area contributed by atoms with Gasteiger partial charge in [-0.15, -0.1) is 11.3 Å². The molecule has 1 aromatic heterocycles. The second kappa shape index (κ2) is 6.43. The Balaban J connectivity index is 2.12. The molecule has 0 amide bonds. The molecule has 1 heterocycles. The van der Waals surface area contributed by atoms with Crippen LogP contribution in [0.5, 0.6) is 17.2 Å². The summed E-state index contributed by atoms with van der Waals surface area (Å²) >= 11 is 1.46. The molecule has 0 bridgehead atoms. The molecule has 1 aromatic carbocycles. The van der Waals surface area contributed by atoms with Gasteiger partial charge in [0.05, 0.1) is 19.1 Å². The third-order valence-corrected chi connectivity index (χ3v) is 3.79. The third kappa shape index (κ3) is 3.11. The molecule has 5 heteroatoms. The largest absolute Gasteiger partial charge is 0.493 e. The minimum absolute atomic E-state index is 0.0450. The first kappa shape index (κ1) is 14.4. The fourth-order valence-corrected chi connectivity index (χ4v) is 2.54. The summed E-state index contributed by atoms with van der Waals surface area (Å²) < 4.78 is 16.0. The zero-order valence-corrected chi connectivity index (χ0v) is 12.5. The molecule has 0 aliphatic carbocycles. The maximum atomic E-state index is 12.0. The lowest BCUT2D eigenvalue weighted by molar-refractivity contribution is 0.0921. The molecular weight excluding hydrogens is 276 g/mol. The van der Waals surface area contributed by atoms with Crippen LogP contribution in [0.15, 0.2) is 30.3 Å². The monoisotopic (exact) mass is 292 g/mol. The smallest absolute Gasteiger partial charge is 0.210 e. The van der Waals surface area contributed by atoms with Crippen molar-refractivity contribution in [2.24, 2.45) is 0 Å². The lowest BCUT2D eigenvalue weighted by atomic mass is 10.3. The van der Waals surface area contributed by atoms with E-state index in [2.05, 4.69) is 0 Å². The van der Waals surface area contributed by atoms with Crippen molar-refractivity contribution in [3.8, 4) is 17.2 Å². The van der Waals surface area contributed by atoms with E-state index in [0.29, 0.717) is 22.1 Å². The van der Waals surface area contributed by atoms with Gasteiger partial charge in [0, 0.05) is 4.88 Å². The van der Waals surface area contributed by atoms with E-state index in [0.717, 1.165) is 4.88 Å². The standard InChI is InChI=1S/C15H16O4S/c1-10-7-8-14(20-10)11(16)9-19-15-12(17-2)5-4-6-13(15)18-3/h4-8H,9H2,1-3H3. The van der Waals surface area contributed by atoms with Crippen LogP contribution in [0.2, 0.25) is 0 Å². The van der Waals surface area contributed by atoms with Crippen LogP contribution in [0.1, 0.15) is 14.5 Å². The summed E-state index contributed by atoms with van der Waals surface area (Å²) in [5, 5.41) is 0. The maximum Gasteiger partial charge on any atom is 0.210 e. The van der Waals surface area contributed by atoms with Gasteiger partial charge in [0.15, 0.2) is 18.1 Å². The van der Waals surface area contributed by atoms with E-state index in [-0.39, 0.29) is 12.4 Å². The van der Waals surface area contributed by atoms with Crippen LogP contribution < -0.4 is 14.2 Å². The van der Waals surface area contributed by atoms with Crippen LogP contribution in [0.3, 0.4) is 0 Å². The highest BCUT2D eigenvalue weighted by Gasteiger charge is 2.15. The first-order chi connectivity index (χ1) is 9.65. The van der Waals surface area contributed by atoms with Crippen molar-refractivity contribution < 1.29 is 19.0 Å². The Bertz CT molecular complexity index is 581. The molecule has 0 saturated carbocycles. The molecule has 0 N–H and O–H groups in total. The van der Waals surface area contributed by atoms with Gasteiger partial charge in [-0.05, 0) is 31.2 Å². The topological polar surface area (TPSA) is 44.8 Å². The van der Waals surface area contributed by atoms with Gasteiger partial charge in [-0.2, -0.15) is 0 Å². The number of rotatable bonds is 6. The summed E-state index contributed by atoms with van der Waals surface area (Å²) in [5.74, 6) is 1.47. The Morgan fingerprint density at radius 1 is 1.10 bits per heavy atom. The zero-order chi connectivity index (χ0) is 14.5. The van der Waals surface area contributed by atoms with Crippen molar-refractivity contribution in [3.05, 3.63) is 40.1 Å². The Hall–Kier alpha value is -2.01. The van der Waals surface area contributed by atoms with Crippen LogP contribution in [-0.2, 0) is 0 Å². The van der Waals surface area contributed by atoms with Crippen molar-refractivity contribution in [1.82, 2.24) is 0 Å². The minimum Gasteiger partial charge on any atom is -0.493 e. The molecule has 4 nitrogen and oxygen atoms in total. The highest BCUT2D eigenvalue weighted by atomic mass is 32.1. The molecule has 0 aliphatic rings. The van der Waals surface area contributed by atoms with Gasteiger partial charge in [-0.25, -0.2) is 0 Å². The number of para-hydroxylation sites is 1. The Labute approximate surface area is 121 Å². The predicted molar refractivity (Wildman–Crippen MR) is 78.4 cm³/mol. The maximum absolute atomic E-state index is 12.0. The molecule has 0 unspecified atom stereocenters. The molecule has 0 saturated heterocycles. The van der Waals surface area contributed by atoms with Crippen LogP contribution in [0, 0.1) is 6.92 Å². The second-order valence-electron chi connectivity index (χ2n) is 4.11. The quantitative estimate of drug-likeness (QED) is 0.766. The van der Waals surface area contributed by atoms with E-state index >= 15 is 0 Å². The van der Waals surface area contributed by atoms with E-state index in [1.165, 1.54) is 11.3 Å². The second-order valence-corrected chi connectivity index (χ2v) is 5.40. The van der Waals surface area contributed by atoms with Crippen molar-refractivity contribution in [2.75, 3.05) is 20.8 Å². The van der Waals surface area contributed by atoms with Crippen LogP contribution in [0.25, 0.3) is 0 Å². The lowest BCUT2D eigenvalue weighted by Crippen LogP contribution is -2.11. The van der Waals surface area contributed by atoms with Crippen LogP contribution in [0.4, 0.5) is 0 Å². The average Bonchev–Trinajstić information content (AvgIpc) is 2.90. The fraction of sp³-hybridized carbons (Fsp3) is 0.267. The first-order valence-corrected chi connectivity index (χ1v) is 6.90. The Morgan fingerprint density at radius 3 is 2.25 bits per heavy atom. The normalized spacial score (nSPS) is 10.2. The number of methoxy groups -OCH3 is 2. The van der Waals surface area contributed by atoms with E-state index in [1.54, 1.807) is 32.4 Å². The van der Waals surface area contributed by atoms with Gasteiger partial charge in [0.25, 0.3) is 0 Å². The molecule has 0 fully saturated rings. The number of hydrogen-bond acceptors (Lipinski definition) is 5. The summed E-state index contributed by atoms with van der Waals surface area (Å²) in [7, 11) is 3.10. The van der Waals surface area contributed by atoms with Gasteiger partial charge in [-0.3, -0.25) is 4.79 Å². The van der Waals surface area contributed by atoms with Crippen molar-refractivity contribution in [3.63, 3.8) is 0 Å². The molecule has 20 heavy (non-hydrogen) atoms. The van der Waals surface area contributed by atoms with Gasteiger partial charge < -0.3 is 14.2 Å². The van der Waals surface area contributed by atoms with E-state index in [4.69, 9.17) is 14.2 Å². The number of carbonyl (C=O) groups excluding carboxylic acids is 1. The number of benzene rings is 1. The molecule has 0 aliphatic heterocycles. The summed E-state index contributed by atoms with van der Waals surface area (Å²) in [6.45, 7) is 1.92. The van der Waals surface area contributed by atoms with Crippen molar-refractivity contribution in [1.29, 1.82) is 0 Å². The van der Waals surface area contributed by atoms with E-state index < -0.39 is 0 Å². The zero-order valence-electron chi connectivity index (χ0n) is 11.6. The van der Waals surface area contributed by atoms with Crippen LogP contribution >= 0.6 is 11.3 Å².